The number of hydrogen-bond donors (Lipinski definition) is 3. The van der Waals surface area contributed by atoms with Gasteiger partial charge in [0.25, 0.3) is 0 Å². The maximum atomic E-state index is 12.2. The lowest BCUT2D eigenvalue weighted by Gasteiger charge is -2.20. The molecule has 3 rings (SSSR count). The molecule has 0 aliphatic carbocycles. The molecule has 0 bridgehead atoms. The summed E-state index contributed by atoms with van der Waals surface area (Å²) in [5.41, 5.74) is 2.89. The van der Waals surface area contributed by atoms with Crippen molar-refractivity contribution in [2.75, 3.05) is 6.54 Å². The topological polar surface area (TPSA) is 70.2 Å². The number of carbonyl (C=O) groups excluding carboxylic acids is 2. The zero-order valence-electron chi connectivity index (χ0n) is 15.8. The van der Waals surface area contributed by atoms with E-state index in [4.69, 9.17) is 11.6 Å². The van der Waals surface area contributed by atoms with Crippen molar-refractivity contribution in [3.8, 4) is 0 Å². The molecule has 29 heavy (non-hydrogen) atoms. The quantitative estimate of drug-likeness (QED) is 0.553. The van der Waals surface area contributed by atoms with Crippen molar-refractivity contribution in [3.05, 3.63) is 107 Å². The van der Waals surface area contributed by atoms with E-state index >= 15 is 0 Å². The van der Waals surface area contributed by atoms with Crippen LogP contribution in [-0.4, -0.2) is 18.5 Å². The van der Waals surface area contributed by atoms with Gasteiger partial charge in [-0.1, -0.05) is 84.4 Å². The Balaban J connectivity index is 1.57. The van der Waals surface area contributed by atoms with Crippen LogP contribution in [-0.2, 0) is 11.3 Å². The fraction of sp³-hybridized carbons (Fsp3) is 0.130. The number of urea groups is 1. The Morgan fingerprint density at radius 1 is 0.828 bits per heavy atom. The first-order valence-corrected chi connectivity index (χ1v) is 9.65. The summed E-state index contributed by atoms with van der Waals surface area (Å²) >= 11 is 6.13. The Bertz CT molecular complexity index is 949. The smallest absolute Gasteiger partial charge is 0.321 e. The van der Waals surface area contributed by atoms with Crippen molar-refractivity contribution in [3.63, 3.8) is 0 Å². The summed E-state index contributed by atoms with van der Waals surface area (Å²) in [6.45, 7) is 0.327. The van der Waals surface area contributed by atoms with Gasteiger partial charge in [0.1, 0.15) is 0 Å². The number of rotatable bonds is 7. The molecular formula is C23H22ClN3O2. The van der Waals surface area contributed by atoms with Crippen LogP contribution >= 0.6 is 11.6 Å². The second kappa shape index (κ2) is 10.4. The van der Waals surface area contributed by atoms with E-state index in [1.165, 1.54) is 0 Å². The van der Waals surface area contributed by atoms with Crippen molar-refractivity contribution in [2.45, 2.75) is 12.6 Å². The molecule has 3 aromatic carbocycles. The van der Waals surface area contributed by atoms with Gasteiger partial charge in [0.05, 0.1) is 12.6 Å². The van der Waals surface area contributed by atoms with Crippen LogP contribution in [0.3, 0.4) is 0 Å². The molecule has 0 aliphatic heterocycles. The number of halogens is 1. The highest BCUT2D eigenvalue weighted by Crippen LogP contribution is 2.24. The Kier molecular flexibility index (Phi) is 7.39. The summed E-state index contributed by atoms with van der Waals surface area (Å²) in [4.78, 5) is 24.2. The van der Waals surface area contributed by atoms with Crippen LogP contribution in [0.1, 0.15) is 22.7 Å². The first-order valence-electron chi connectivity index (χ1n) is 9.27. The maximum absolute atomic E-state index is 12.2. The average molecular weight is 408 g/mol. The summed E-state index contributed by atoms with van der Waals surface area (Å²) in [7, 11) is 0. The number of amides is 3. The Labute approximate surface area is 175 Å². The monoisotopic (exact) mass is 407 g/mol. The van der Waals surface area contributed by atoms with E-state index in [2.05, 4.69) is 16.0 Å². The van der Waals surface area contributed by atoms with Gasteiger partial charge in [-0.3, -0.25) is 15.4 Å². The van der Waals surface area contributed by atoms with Gasteiger partial charge in [-0.25, -0.2) is 4.79 Å². The fourth-order valence-corrected chi connectivity index (χ4v) is 3.15. The van der Waals surface area contributed by atoms with E-state index in [1.807, 2.05) is 78.9 Å². The van der Waals surface area contributed by atoms with Crippen LogP contribution in [0.25, 0.3) is 0 Å². The molecule has 1 unspecified atom stereocenters. The minimum absolute atomic E-state index is 0.0230. The molecule has 0 aromatic heterocycles. The van der Waals surface area contributed by atoms with Crippen molar-refractivity contribution in [2.24, 2.45) is 0 Å². The molecule has 3 N–H and O–H groups in total. The van der Waals surface area contributed by atoms with Crippen LogP contribution < -0.4 is 16.0 Å². The van der Waals surface area contributed by atoms with Crippen molar-refractivity contribution >= 4 is 23.5 Å². The zero-order valence-corrected chi connectivity index (χ0v) is 16.5. The largest absolute Gasteiger partial charge is 0.334 e. The predicted molar refractivity (Wildman–Crippen MR) is 115 cm³/mol. The van der Waals surface area contributed by atoms with E-state index in [-0.39, 0.29) is 12.6 Å². The molecule has 0 heterocycles. The summed E-state index contributed by atoms with van der Waals surface area (Å²) in [6.07, 6.45) is 0. The molecule has 0 radical (unpaired) electrons. The third-order valence-corrected chi connectivity index (χ3v) is 4.57. The van der Waals surface area contributed by atoms with E-state index in [0.717, 1.165) is 16.7 Å². The van der Waals surface area contributed by atoms with Crippen molar-refractivity contribution < 1.29 is 9.59 Å². The fourth-order valence-electron chi connectivity index (χ4n) is 2.95. The number of nitrogens with one attached hydrogen (secondary N) is 3. The summed E-state index contributed by atoms with van der Waals surface area (Å²) in [5.74, 6) is -0.418. The molecule has 3 aromatic rings. The number of hydrogen-bond acceptors (Lipinski definition) is 3. The zero-order chi connectivity index (χ0) is 20.5. The van der Waals surface area contributed by atoms with E-state index < -0.39 is 11.9 Å². The van der Waals surface area contributed by atoms with Crippen LogP contribution in [0.15, 0.2) is 84.9 Å². The molecule has 5 nitrogen and oxygen atoms in total. The molecular weight excluding hydrogens is 386 g/mol. The third kappa shape index (κ3) is 6.45. The Morgan fingerprint density at radius 3 is 2.17 bits per heavy atom. The molecule has 0 fully saturated rings. The molecule has 6 heteroatoms. The van der Waals surface area contributed by atoms with Crippen LogP contribution in [0.2, 0.25) is 5.02 Å². The summed E-state index contributed by atoms with van der Waals surface area (Å²) in [6, 6.07) is 26.0. The standard InChI is InChI=1S/C23H22ClN3O2/c24-20-13-7-12-19(14-20)22(18-10-5-2-6-11-18)25-16-21(28)27-23(29)26-15-17-8-3-1-4-9-17/h1-14,22,25H,15-16H2,(H2,26,27,28,29). The maximum Gasteiger partial charge on any atom is 0.321 e. The van der Waals surface area contributed by atoms with Gasteiger partial charge in [-0.05, 0) is 28.8 Å². The lowest BCUT2D eigenvalue weighted by atomic mass is 9.99. The minimum Gasteiger partial charge on any atom is -0.334 e. The average Bonchev–Trinajstić information content (AvgIpc) is 2.74. The molecule has 0 saturated heterocycles. The highest BCUT2D eigenvalue weighted by Gasteiger charge is 2.16. The third-order valence-electron chi connectivity index (χ3n) is 4.33. The van der Waals surface area contributed by atoms with Crippen molar-refractivity contribution in [1.82, 2.24) is 16.0 Å². The van der Waals surface area contributed by atoms with Crippen LogP contribution in [0.4, 0.5) is 4.79 Å². The van der Waals surface area contributed by atoms with Crippen molar-refractivity contribution in [1.29, 1.82) is 0 Å². The molecule has 0 saturated carbocycles. The minimum atomic E-state index is -0.528. The molecule has 3 amide bonds. The first-order chi connectivity index (χ1) is 14.1. The molecule has 1 atom stereocenters. The summed E-state index contributed by atoms with van der Waals surface area (Å²) in [5, 5.41) is 8.84. The molecule has 148 valence electrons. The van der Waals surface area contributed by atoms with Gasteiger partial charge >= 0.3 is 6.03 Å². The Morgan fingerprint density at radius 2 is 1.48 bits per heavy atom. The Hall–Kier alpha value is -3.15. The van der Waals surface area contributed by atoms with Gasteiger partial charge in [0, 0.05) is 11.6 Å². The van der Waals surface area contributed by atoms with Gasteiger partial charge in [0.15, 0.2) is 0 Å². The van der Waals surface area contributed by atoms with E-state index in [9.17, 15) is 9.59 Å². The first kappa shape index (κ1) is 20.6. The SMILES string of the molecule is O=C(CNC(c1ccccc1)c1cccc(Cl)c1)NC(=O)NCc1ccccc1. The second-order valence-corrected chi connectivity index (χ2v) is 6.93. The predicted octanol–water partition coefficient (Wildman–Crippen LogP) is 4.05. The normalized spacial score (nSPS) is 11.5. The molecule has 0 aliphatic rings. The van der Waals surface area contributed by atoms with Crippen LogP contribution in [0.5, 0.6) is 0 Å². The van der Waals surface area contributed by atoms with E-state index in [0.29, 0.717) is 11.6 Å². The van der Waals surface area contributed by atoms with Crippen LogP contribution in [0, 0.1) is 0 Å². The highest BCUT2D eigenvalue weighted by molar-refractivity contribution is 6.30. The van der Waals surface area contributed by atoms with Gasteiger partial charge < -0.3 is 5.32 Å². The highest BCUT2D eigenvalue weighted by atomic mass is 35.5. The van der Waals surface area contributed by atoms with Gasteiger partial charge in [-0.15, -0.1) is 0 Å². The molecule has 0 spiro atoms. The van der Waals surface area contributed by atoms with Gasteiger partial charge in [-0.2, -0.15) is 0 Å². The number of benzene rings is 3. The lowest BCUT2D eigenvalue weighted by Crippen LogP contribution is -2.43. The second-order valence-electron chi connectivity index (χ2n) is 6.50. The van der Waals surface area contributed by atoms with Gasteiger partial charge in [0.2, 0.25) is 5.91 Å². The number of imide groups is 1. The van der Waals surface area contributed by atoms with E-state index in [1.54, 1.807) is 6.07 Å². The summed E-state index contributed by atoms with van der Waals surface area (Å²) < 4.78 is 0. The number of carbonyl (C=O) groups is 2. The lowest BCUT2D eigenvalue weighted by molar-refractivity contribution is -0.119.